The summed E-state index contributed by atoms with van der Waals surface area (Å²) < 4.78 is 26.9. The molecule has 0 aromatic rings. The smallest absolute Gasteiger partial charge is 0.215 e. The maximum atomic E-state index is 12.0. The Morgan fingerprint density at radius 2 is 2.06 bits per heavy atom. The minimum atomic E-state index is -3.19. The molecule has 0 aromatic heterocycles. The van der Waals surface area contributed by atoms with Gasteiger partial charge in [-0.25, -0.2) is 13.1 Å². The molecule has 0 heterocycles. The lowest BCUT2D eigenvalue weighted by Gasteiger charge is -2.28. The summed E-state index contributed by atoms with van der Waals surface area (Å²) in [7, 11) is -1.42. The summed E-state index contributed by atoms with van der Waals surface area (Å²) in [6, 6.07) is 0.0943. The Labute approximate surface area is 99.2 Å². The molecule has 5 heteroatoms. The highest BCUT2D eigenvalue weighted by molar-refractivity contribution is 7.90. The molecule has 0 spiro atoms. The molecule has 1 aliphatic carbocycles. The van der Waals surface area contributed by atoms with E-state index in [1.807, 2.05) is 0 Å². The van der Waals surface area contributed by atoms with Crippen molar-refractivity contribution in [2.45, 2.75) is 51.3 Å². The maximum Gasteiger partial charge on any atom is 0.215 e. The summed E-state index contributed by atoms with van der Waals surface area (Å²) in [5.74, 6) is 0. The van der Waals surface area contributed by atoms with Gasteiger partial charge in [0.05, 0.1) is 5.25 Å². The van der Waals surface area contributed by atoms with Crippen LogP contribution in [0.3, 0.4) is 0 Å². The Hall–Kier alpha value is -0.130. The molecule has 1 rings (SSSR count). The monoisotopic (exact) mass is 248 g/mol. The maximum absolute atomic E-state index is 12.0. The molecule has 16 heavy (non-hydrogen) atoms. The van der Waals surface area contributed by atoms with Crippen LogP contribution >= 0.6 is 0 Å². The quantitative estimate of drug-likeness (QED) is 0.766. The highest BCUT2D eigenvalue weighted by Crippen LogP contribution is 2.37. The van der Waals surface area contributed by atoms with Crippen LogP contribution in [0.2, 0.25) is 0 Å². The van der Waals surface area contributed by atoms with Crippen LogP contribution in [-0.4, -0.2) is 33.3 Å². The molecule has 2 unspecified atom stereocenters. The zero-order valence-corrected chi connectivity index (χ0v) is 11.5. The Balaban J connectivity index is 2.66. The molecule has 0 amide bonds. The molecule has 0 radical (unpaired) electrons. The van der Waals surface area contributed by atoms with Crippen molar-refractivity contribution in [1.29, 1.82) is 0 Å². The van der Waals surface area contributed by atoms with Crippen LogP contribution in [0.5, 0.6) is 0 Å². The van der Waals surface area contributed by atoms with E-state index < -0.39 is 10.0 Å². The summed E-state index contributed by atoms with van der Waals surface area (Å²) in [5.41, 5.74) is 0.0897. The number of sulfonamides is 1. The van der Waals surface area contributed by atoms with Gasteiger partial charge in [0.2, 0.25) is 10.0 Å². The normalized spacial score (nSPS) is 26.9. The standard InChI is InChI=1S/C11H24N2O2S/c1-9(8-12-4)16(14,15)13-10-6-5-7-11(10,2)3/h9-10,12-13H,5-8H2,1-4H3. The van der Waals surface area contributed by atoms with Gasteiger partial charge in [-0.2, -0.15) is 0 Å². The Morgan fingerprint density at radius 1 is 1.44 bits per heavy atom. The summed E-state index contributed by atoms with van der Waals surface area (Å²) >= 11 is 0. The second kappa shape index (κ2) is 5.02. The number of hydrogen-bond donors (Lipinski definition) is 2. The van der Waals surface area contributed by atoms with E-state index in [1.54, 1.807) is 14.0 Å². The predicted octanol–water partition coefficient (Wildman–Crippen LogP) is 1.09. The van der Waals surface area contributed by atoms with Gasteiger partial charge in [-0.05, 0) is 32.2 Å². The molecule has 0 aromatic carbocycles. The van der Waals surface area contributed by atoms with E-state index >= 15 is 0 Å². The third kappa shape index (κ3) is 3.18. The average Bonchev–Trinajstić information content (AvgIpc) is 2.46. The van der Waals surface area contributed by atoms with Crippen molar-refractivity contribution in [3.63, 3.8) is 0 Å². The van der Waals surface area contributed by atoms with E-state index in [2.05, 4.69) is 23.9 Å². The van der Waals surface area contributed by atoms with E-state index in [0.29, 0.717) is 6.54 Å². The van der Waals surface area contributed by atoms with Gasteiger partial charge in [-0.15, -0.1) is 0 Å². The topological polar surface area (TPSA) is 58.2 Å². The van der Waals surface area contributed by atoms with Crippen LogP contribution < -0.4 is 10.0 Å². The van der Waals surface area contributed by atoms with Gasteiger partial charge in [0.1, 0.15) is 0 Å². The molecule has 0 bridgehead atoms. The van der Waals surface area contributed by atoms with E-state index in [0.717, 1.165) is 19.3 Å². The fourth-order valence-corrected chi connectivity index (χ4v) is 3.71. The Morgan fingerprint density at radius 3 is 2.50 bits per heavy atom. The lowest BCUT2D eigenvalue weighted by atomic mass is 9.88. The van der Waals surface area contributed by atoms with Crippen LogP contribution in [0.25, 0.3) is 0 Å². The molecule has 1 fully saturated rings. The zero-order valence-electron chi connectivity index (χ0n) is 10.7. The van der Waals surface area contributed by atoms with Crippen molar-refractivity contribution in [3.8, 4) is 0 Å². The number of nitrogens with one attached hydrogen (secondary N) is 2. The van der Waals surface area contributed by atoms with Crippen molar-refractivity contribution in [3.05, 3.63) is 0 Å². The molecule has 2 atom stereocenters. The van der Waals surface area contributed by atoms with Crippen molar-refractivity contribution >= 4 is 10.0 Å². The van der Waals surface area contributed by atoms with E-state index in [-0.39, 0.29) is 16.7 Å². The van der Waals surface area contributed by atoms with Crippen LogP contribution in [0.1, 0.15) is 40.0 Å². The van der Waals surface area contributed by atoms with Gasteiger partial charge >= 0.3 is 0 Å². The van der Waals surface area contributed by atoms with Gasteiger partial charge in [-0.3, -0.25) is 0 Å². The van der Waals surface area contributed by atoms with E-state index in [1.165, 1.54) is 0 Å². The van der Waals surface area contributed by atoms with Crippen LogP contribution in [-0.2, 0) is 10.0 Å². The lowest BCUT2D eigenvalue weighted by Crippen LogP contribution is -2.46. The van der Waals surface area contributed by atoms with Gasteiger partial charge < -0.3 is 5.32 Å². The third-order valence-corrected chi connectivity index (χ3v) is 5.42. The second-order valence-corrected chi connectivity index (χ2v) is 7.60. The minimum Gasteiger partial charge on any atom is -0.318 e. The first-order chi connectivity index (χ1) is 7.29. The molecule has 1 saturated carbocycles. The number of hydrogen-bond acceptors (Lipinski definition) is 3. The summed E-state index contributed by atoms with van der Waals surface area (Å²) in [6.07, 6.45) is 3.17. The van der Waals surface area contributed by atoms with Gasteiger partial charge in [0, 0.05) is 12.6 Å². The highest BCUT2D eigenvalue weighted by Gasteiger charge is 2.37. The second-order valence-electron chi connectivity index (χ2n) is 5.46. The largest absolute Gasteiger partial charge is 0.318 e. The van der Waals surface area contributed by atoms with E-state index in [4.69, 9.17) is 0 Å². The highest BCUT2D eigenvalue weighted by atomic mass is 32.2. The SMILES string of the molecule is CNCC(C)S(=O)(=O)NC1CCCC1(C)C. The molecule has 0 aliphatic heterocycles. The van der Waals surface area contributed by atoms with Crippen molar-refractivity contribution in [2.24, 2.45) is 5.41 Å². The Bertz CT molecular complexity index is 325. The van der Waals surface area contributed by atoms with Crippen LogP contribution in [0.4, 0.5) is 0 Å². The number of rotatable bonds is 5. The van der Waals surface area contributed by atoms with Gasteiger partial charge in [0.15, 0.2) is 0 Å². The molecule has 4 nitrogen and oxygen atoms in total. The molecule has 1 aliphatic rings. The van der Waals surface area contributed by atoms with Crippen LogP contribution in [0.15, 0.2) is 0 Å². The molecular weight excluding hydrogens is 224 g/mol. The molecule has 96 valence electrons. The lowest BCUT2D eigenvalue weighted by molar-refractivity contribution is 0.312. The van der Waals surface area contributed by atoms with Gasteiger partial charge in [0.25, 0.3) is 0 Å². The molecule has 0 saturated heterocycles. The van der Waals surface area contributed by atoms with Gasteiger partial charge in [-0.1, -0.05) is 20.3 Å². The van der Waals surface area contributed by atoms with Crippen molar-refractivity contribution in [1.82, 2.24) is 10.0 Å². The third-order valence-electron chi connectivity index (χ3n) is 3.59. The zero-order chi connectivity index (χ0) is 12.4. The summed E-state index contributed by atoms with van der Waals surface area (Å²) in [5, 5.41) is 2.52. The summed E-state index contributed by atoms with van der Waals surface area (Å²) in [4.78, 5) is 0. The first-order valence-electron chi connectivity index (χ1n) is 5.95. The fraction of sp³-hybridized carbons (Fsp3) is 1.00. The molecular formula is C11H24N2O2S. The minimum absolute atomic E-state index is 0.0897. The van der Waals surface area contributed by atoms with E-state index in [9.17, 15) is 8.42 Å². The Kier molecular flexibility index (Phi) is 4.37. The average molecular weight is 248 g/mol. The molecule has 2 N–H and O–H groups in total. The first kappa shape index (κ1) is 13.9. The first-order valence-corrected chi connectivity index (χ1v) is 7.50. The fourth-order valence-electron chi connectivity index (χ4n) is 2.26. The van der Waals surface area contributed by atoms with Crippen molar-refractivity contribution < 1.29 is 8.42 Å². The summed E-state index contributed by atoms with van der Waals surface area (Å²) in [6.45, 7) is 6.50. The predicted molar refractivity (Wildman–Crippen MR) is 66.9 cm³/mol. The van der Waals surface area contributed by atoms with Crippen LogP contribution in [0, 0.1) is 5.41 Å². The van der Waals surface area contributed by atoms with Crippen molar-refractivity contribution in [2.75, 3.05) is 13.6 Å².